The number of nitrogens with one attached hydrogen (secondary N) is 1. The van der Waals surface area contributed by atoms with Gasteiger partial charge in [-0.2, -0.15) is 4.98 Å². The molecule has 0 amide bonds. The quantitative estimate of drug-likeness (QED) is 0.863. The Labute approximate surface area is 115 Å². The van der Waals surface area contributed by atoms with E-state index >= 15 is 0 Å². The zero-order chi connectivity index (χ0) is 14.8. The van der Waals surface area contributed by atoms with Gasteiger partial charge in [-0.3, -0.25) is 4.79 Å². The zero-order valence-electron chi connectivity index (χ0n) is 10.5. The number of aryl methyl sites for hydroxylation is 1. The first-order valence-electron chi connectivity index (χ1n) is 5.62. The molecule has 1 aromatic heterocycles. The van der Waals surface area contributed by atoms with E-state index in [2.05, 4.69) is 9.71 Å². The number of oxazole rings is 1. The van der Waals surface area contributed by atoms with Crippen molar-refractivity contribution >= 4 is 22.0 Å². The van der Waals surface area contributed by atoms with E-state index < -0.39 is 16.0 Å². The van der Waals surface area contributed by atoms with Crippen LogP contribution in [0.25, 0.3) is 0 Å². The third-order valence-corrected chi connectivity index (χ3v) is 3.77. The Balaban J connectivity index is 2.19. The molecular formula is C12H12N2O5S. The highest BCUT2D eigenvalue weighted by Crippen LogP contribution is 2.16. The molecule has 0 saturated heterocycles. The van der Waals surface area contributed by atoms with Crippen molar-refractivity contribution in [3.63, 3.8) is 0 Å². The molecule has 0 atom stereocenters. The number of hydrogen-bond donors (Lipinski definition) is 2. The molecule has 0 aliphatic carbocycles. The van der Waals surface area contributed by atoms with Gasteiger partial charge < -0.3 is 9.52 Å². The maximum atomic E-state index is 12.0. The molecule has 1 heterocycles. The van der Waals surface area contributed by atoms with Gasteiger partial charge >= 0.3 is 12.0 Å². The van der Waals surface area contributed by atoms with Gasteiger partial charge in [-0.1, -0.05) is 12.1 Å². The van der Waals surface area contributed by atoms with Crippen LogP contribution >= 0.6 is 0 Å². The van der Waals surface area contributed by atoms with Crippen LogP contribution in [0.15, 0.2) is 39.8 Å². The third kappa shape index (κ3) is 3.35. The molecule has 2 rings (SSSR count). The first-order valence-corrected chi connectivity index (χ1v) is 7.11. The Hall–Kier alpha value is -2.35. The highest BCUT2D eigenvalue weighted by atomic mass is 32.2. The summed E-state index contributed by atoms with van der Waals surface area (Å²) in [5, 5.41) is 8.64. The molecule has 0 radical (unpaired) electrons. The summed E-state index contributed by atoms with van der Waals surface area (Å²) >= 11 is 0. The second-order valence-corrected chi connectivity index (χ2v) is 5.80. The summed E-state index contributed by atoms with van der Waals surface area (Å²) < 4.78 is 31.1. The van der Waals surface area contributed by atoms with Crippen LogP contribution in [0.5, 0.6) is 0 Å². The Morgan fingerprint density at radius 3 is 2.50 bits per heavy atom. The minimum atomic E-state index is -3.80. The van der Waals surface area contributed by atoms with E-state index in [-0.39, 0.29) is 17.3 Å². The molecule has 0 fully saturated rings. The summed E-state index contributed by atoms with van der Waals surface area (Å²) in [4.78, 5) is 14.4. The average Bonchev–Trinajstić information content (AvgIpc) is 2.74. The molecule has 106 valence electrons. The number of aliphatic carboxylic acids is 1. The van der Waals surface area contributed by atoms with Gasteiger partial charge in [0, 0.05) is 0 Å². The lowest BCUT2D eigenvalue weighted by Gasteiger charge is -2.05. The van der Waals surface area contributed by atoms with Crippen molar-refractivity contribution in [1.29, 1.82) is 0 Å². The van der Waals surface area contributed by atoms with E-state index in [0.717, 1.165) is 0 Å². The summed E-state index contributed by atoms with van der Waals surface area (Å²) in [7, 11) is -3.80. The molecule has 2 aromatic rings. The molecule has 2 N–H and O–H groups in total. The maximum absolute atomic E-state index is 12.0. The van der Waals surface area contributed by atoms with E-state index in [9.17, 15) is 13.2 Å². The summed E-state index contributed by atoms with van der Waals surface area (Å²) in [6, 6.07) is 5.44. The number of rotatable bonds is 5. The maximum Gasteiger partial charge on any atom is 0.309 e. The first kappa shape index (κ1) is 14.1. The van der Waals surface area contributed by atoms with E-state index in [1.807, 2.05) is 0 Å². The summed E-state index contributed by atoms with van der Waals surface area (Å²) in [6.45, 7) is 1.67. The number of hydrogen-bond acceptors (Lipinski definition) is 5. The van der Waals surface area contributed by atoms with E-state index in [0.29, 0.717) is 11.3 Å². The molecule has 7 nitrogen and oxygen atoms in total. The molecule has 1 aromatic carbocycles. The number of nitrogens with zero attached hydrogens (tertiary/aromatic N) is 1. The summed E-state index contributed by atoms with van der Waals surface area (Å²) in [5.74, 6) is -0.978. The molecule has 8 heteroatoms. The normalized spacial score (nSPS) is 11.2. The average molecular weight is 296 g/mol. The van der Waals surface area contributed by atoms with Crippen LogP contribution in [0.2, 0.25) is 0 Å². The van der Waals surface area contributed by atoms with Crippen LogP contribution in [0.3, 0.4) is 0 Å². The first-order chi connectivity index (χ1) is 9.37. The Kier molecular flexibility index (Phi) is 3.75. The Morgan fingerprint density at radius 1 is 1.35 bits per heavy atom. The van der Waals surface area contributed by atoms with Crippen LogP contribution in [-0.4, -0.2) is 24.5 Å². The predicted octanol–water partition coefficient (Wildman–Crippen LogP) is 1.41. The van der Waals surface area contributed by atoms with E-state index in [1.54, 1.807) is 6.92 Å². The fourth-order valence-corrected chi connectivity index (χ4v) is 2.47. The van der Waals surface area contributed by atoms with Gasteiger partial charge in [0.25, 0.3) is 10.0 Å². The van der Waals surface area contributed by atoms with Gasteiger partial charge in [-0.15, -0.1) is 0 Å². The van der Waals surface area contributed by atoms with Gasteiger partial charge in [0.15, 0.2) is 0 Å². The van der Waals surface area contributed by atoms with Gasteiger partial charge in [0.1, 0.15) is 6.26 Å². The van der Waals surface area contributed by atoms with Gasteiger partial charge in [-0.05, 0) is 24.6 Å². The monoisotopic (exact) mass is 296 g/mol. The van der Waals surface area contributed by atoms with Crippen LogP contribution in [-0.2, 0) is 21.2 Å². The number of carboxylic acid groups (broad SMARTS) is 1. The molecule has 0 saturated carbocycles. The van der Waals surface area contributed by atoms with Crippen molar-refractivity contribution in [3.8, 4) is 0 Å². The molecule has 0 aliphatic heterocycles. The van der Waals surface area contributed by atoms with Crippen molar-refractivity contribution in [2.24, 2.45) is 0 Å². The lowest BCUT2D eigenvalue weighted by molar-refractivity contribution is -0.136. The largest absolute Gasteiger partial charge is 0.481 e. The number of anilines is 1. The van der Waals surface area contributed by atoms with Crippen molar-refractivity contribution in [3.05, 3.63) is 41.8 Å². The van der Waals surface area contributed by atoms with Crippen LogP contribution in [0.1, 0.15) is 11.3 Å². The Bertz CT molecular complexity index is 719. The number of carboxylic acids is 1. The topological polar surface area (TPSA) is 110 Å². The van der Waals surface area contributed by atoms with Gasteiger partial charge in [0.05, 0.1) is 17.0 Å². The second kappa shape index (κ2) is 5.33. The zero-order valence-corrected chi connectivity index (χ0v) is 11.3. The third-order valence-electron chi connectivity index (χ3n) is 2.43. The number of sulfonamides is 1. The number of benzene rings is 1. The molecule has 0 spiro atoms. The minimum Gasteiger partial charge on any atom is -0.481 e. The standard InChI is InChI=1S/C12H12N2O5S/c1-8-7-19-12(13-8)14-20(17,18)10-4-2-9(3-5-10)6-11(15)16/h2-5,7H,6H2,1H3,(H,13,14)(H,15,16). The number of carbonyl (C=O) groups is 1. The fraction of sp³-hybridized carbons (Fsp3) is 0.167. The van der Waals surface area contributed by atoms with Crippen LogP contribution in [0.4, 0.5) is 6.01 Å². The molecule has 20 heavy (non-hydrogen) atoms. The predicted molar refractivity (Wildman–Crippen MR) is 69.8 cm³/mol. The van der Waals surface area contributed by atoms with Crippen LogP contribution < -0.4 is 4.72 Å². The van der Waals surface area contributed by atoms with E-state index in [1.165, 1.54) is 30.5 Å². The molecular weight excluding hydrogens is 284 g/mol. The highest BCUT2D eigenvalue weighted by molar-refractivity contribution is 7.92. The SMILES string of the molecule is Cc1coc(NS(=O)(=O)c2ccc(CC(=O)O)cc2)n1. The molecule has 0 bridgehead atoms. The molecule has 0 aliphatic rings. The Morgan fingerprint density at radius 2 is 2.00 bits per heavy atom. The highest BCUT2D eigenvalue weighted by Gasteiger charge is 2.16. The van der Waals surface area contributed by atoms with Crippen molar-refractivity contribution in [1.82, 2.24) is 4.98 Å². The smallest absolute Gasteiger partial charge is 0.309 e. The molecule has 0 unspecified atom stereocenters. The van der Waals surface area contributed by atoms with Crippen molar-refractivity contribution in [2.75, 3.05) is 4.72 Å². The van der Waals surface area contributed by atoms with Gasteiger partial charge in [0.2, 0.25) is 0 Å². The van der Waals surface area contributed by atoms with Crippen LogP contribution in [0, 0.1) is 6.92 Å². The van der Waals surface area contributed by atoms with Crippen molar-refractivity contribution < 1.29 is 22.7 Å². The fourth-order valence-electron chi connectivity index (χ4n) is 1.54. The van der Waals surface area contributed by atoms with E-state index in [4.69, 9.17) is 9.52 Å². The lowest BCUT2D eigenvalue weighted by Crippen LogP contribution is -2.13. The second-order valence-electron chi connectivity index (χ2n) is 4.11. The summed E-state index contributed by atoms with van der Waals surface area (Å²) in [6.07, 6.45) is 1.17. The number of aromatic nitrogens is 1. The van der Waals surface area contributed by atoms with Crippen molar-refractivity contribution in [2.45, 2.75) is 18.2 Å². The van der Waals surface area contributed by atoms with Gasteiger partial charge in [-0.25, -0.2) is 13.1 Å². The minimum absolute atomic E-state index is 0.00231. The summed E-state index contributed by atoms with van der Waals surface area (Å²) in [5.41, 5.74) is 1.07. The lowest BCUT2D eigenvalue weighted by atomic mass is 10.2.